The van der Waals surface area contributed by atoms with Crippen molar-refractivity contribution in [2.75, 3.05) is 0 Å². The minimum absolute atomic E-state index is 0.0564. The maximum Gasteiger partial charge on any atom is 0.253 e. The minimum Gasteiger partial charge on any atom is -0.349 e. The first kappa shape index (κ1) is 15.3. The summed E-state index contributed by atoms with van der Waals surface area (Å²) in [7, 11) is 0. The molecule has 3 aromatic heterocycles. The first-order valence-electron chi connectivity index (χ1n) is 7.54. The normalized spacial score (nSPS) is 13.8. The molecule has 1 amide bonds. The van der Waals surface area contributed by atoms with Crippen LogP contribution in [0, 0.1) is 0 Å². The van der Waals surface area contributed by atoms with Crippen molar-refractivity contribution in [3.8, 4) is 10.7 Å². The van der Waals surface area contributed by atoms with Gasteiger partial charge in [0.25, 0.3) is 5.91 Å². The third kappa shape index (κ3) is 3.65. The Labute approximate surface area is 146 Å². The van der Waals surface area contributed by atoms with Gasteiger partial charge in [-0.25, -0.2) is 4.98 Å². The van der Waals surface area contributed by atoms with Crippen molar-refractivity contribution in [2.45, 2.75) is 29.7 Å². The smallest absolute Gasteiger partial charge is 0.253 e. The fourth-order valence-electron chi connectivity index (χ4n) is 2.05. The summed E-state index contributed by atoms with van der Waals surface area (Å²) in [6, 6.07) is 7.89. The van der Waals surface area contributed by atoms with E-state index < -0.39 is 0 Å². The molecular weight excluding hydrogens is 344 g/mol. The van der Waals surface area contributed by atoms with Crippen molar-refractivity contribution in [3.63, 3.8) is 0 Å². The topological polar surface area (TPSA) is 80.9 Å². The number of pyridine rings is 1. The fraction of sp³-hybridized carbons (Fsp3) is 0.250. The molecule has 122 valence electrons. The van der Waals surface area contributed by atoms with Crippen LogP contribution in [0.1, 0.15) is 29.1 Å². The molecule has 4 rings (SSSR count). The van der Waals surface area contributed by atoms with E-state index in [1.165, 1.54) is 11.8 Å². The zero-order valence-electron chi connectivity index (χ0n) is 12.6. The number of hydrogen-bond acceptors (Lipinski definition) is 7. The van der Waals surface area contributed by atoms with Gasteiger partial charge < -0.3 is 9.84 Å². The molecular formula is C16H14N4O2S2. The number of carbonyl (C=O) groups excluding carboxylic acids is 1. The first-order valence-corrected chi connectivity index (χ1v) is 9.40. The van der Waals surface area contributed by atoms with E-state index in [-0.39, 0.29) is 5.91 Å². The van der Waals surface area contributed by atoms with Crippen LogP contribution >= 0.6 is 23.1 Å². The summed E-state index contributed by atoms with van der Waals surface area (Å²) in [5.41, 5.74) is 0.587. The van der Waals surface area contributed by atoms with Crippen molar-refractivity contribution in [1.29, 1.82) is 0 Å². The lowest BCUT2D eigenvalue weighted by Crippen LogP contribution is -2.25. The average molecular weight is 358 g/mol. The summed E-state index contributed by atoms with van der Waals surface area (Å²) in [6.07, 6.45) is 3.75. The lowest BCUT2D eigenvalue weighted by molar-refractivity contribution is 0.0950. The van der Waals surface area contributed by atoms with E-state index in [2.05, 4.69) is 20.4 Å². The number of aromatic nitrogens is 3. The monoisotopic (exact) mass is 358 g/mol. The molecule has 1 fully saturated rings. The molecule has 0 saturated heterocycles. The number of carbonyl (C=O) groups is 1. The average Bonchev–Trinajstić information content (AvgIpc) is 3.08. The molecule has 24 heavy (non-hydrogen) atoms. The molecule has 8 heteroatoms. The van der Waals surface area contributed by atoms with Crippen LogP contribution in [0.4, 0.5) is 0 Å². The van der Waals surface area contributed by atoms with Gasteiger partial charge in [-0.1, -0.05) is 23.0 Å². The Balaban J connectivity index is 1.34. The van der Waals surface area contributed by atoms with Crippen LogP contribution < -0.4 is 5.32 Å². The molecule has 0 bridgehead atoms. The van der Waals surface area contributed by atoms with Gasteiger partial charge in [0.1, 0.15) is 0 Å². The summed E-state index contributed by atoms with van der Waals surface area (Å²) < 4.78 is 5.26. The van der Waals surface area contributed by atoms with Gasteiger partial charge in [-0.3, -0.25) is 4.79 Å². The van der Waals surface area contributed by atoms with E-state index in [4.69, 9.17) is 4.52 Å². The summed E-state index contributed by atoms with van der Waals surface area (Å²) in [5.74, 6) is 1.65. The molecule has 1 saturated carbocycles. The highest BCUT2D eigenvalue weighted by molar-refractivity contribution is 7.98. The van der Waals surface area contributed by atoms with Crippen molar-refractivity contribution in [2.24, 2.45) is 0 Å². The predicted molar refractivity (Wildman–Crippen MR) is 91.9 cm³/mol. The van der Waals surface area contributed by atoms with Crippen LogP contribution in [-0.4, -0.2) is 27.1 Å². The molecule has 0 radical (unpaired) electrons. The van der Waals surface area contributed by atoms with E-state index in [1.807, 2.05) is 23.6 Å². The number of amides is 1. The highest BCUT2D eigenvalue weighted by atomic mass is 32.2. The Morgan fingerprint density at radius 1 is 1.38 bits per heavy atom. The van der Waals surface area contributed by atoms with Crippen LogP contribution in [-0.2, 0) is 5.75 Å². The summed E-state index contributed by atoms with van der Waals surface area (Å²) in [4.78, 5) is 21.6. The molecule has 1 N–H and O–H groups in total. The first-order chi connectivity index (χ1) is 11.8. The Morgan fingerprint density at radius 2 is 2.29 bits per heavy atom. The second kappa shape index (κ2) is 6.74. The Hall–Kier alpha value is -2.19. The number of hydrogen-bond donors (Lipinski definition) is 1. The Kier molecular flexibility index (Phi) is 4.31. The molecule has 6 nitrogen and oxygen atoms in total. The maximum absolute atomic E-state index is 11.9. The van der Waals surface area contributed by atoms with Gasteiger partial charge in [-0.05, 0) is 36.4 Å². The second-order valence-corrected chi connectivity index (χ2v) is 7.35. The van der Waals surface area contributed by atoms with Crippen LogP contribution in [0.3, 0.4) is 0 Å². The van der Waals surface area contributed by atoms with Gasteiger partial charge >= 0.3 is 0 Å². The molecule has 1 aliphatic rings. The van der Waals surface area contributed by atoms with E-state index in [1.54, 1.807) is 23.6 Å². The van der Waals surface area contributed by atoms with Gasteiger partial charge in [0.15, 0.2) is 0 Å². The SMILES string of the molecule is O=C(NC1CC1)c1ccc(SCc2nc(-c3cccs3)no2)nc1. The number of thiophene rings is 1. The zero-order valence-corrected chi connectivity index (χ0v) is 14.3. The van der Waals surface area contributed by atoms with Gasteiger partial charge in [-0.15, -0.1) is 11.3 Å². The molecule has 0 aromatic carbocycles. The Morgan fingerprint density at radius 3 is 3.00 bits per heavy atom. The maximum atomic E-state index is 11.9. The molecule has 0 atom stereocenters. The van der Waals surface area contributed by atoms with Crippen LogP contribution in [0.5, 0.6) is 0 Å². The number of nitrogens with one attached hydrogen (secondary N) is 1. The lowest BCUT2D eigenvalue weighted by Gasteiger charge is -2.03. The molecule has 0 unspecified atom stereocenters. The van der Waals surface area contributed by atoms with E-state index in [9.17, 15) is 4.79 Å². The van der Waals surface area contributed by atoms with Gasteiger partial charge in [-0.2, -0.15) is 4.98 Å². The standard InChI is InChI=1S/C16H14N4O2S2/c21-16(18-11-4-5-11)10-3-6-14(17-8-10)24-9-13-19-15(20-22-13)12-2-1-7-23-12/h1-3,6-8,11H,4-5,9H2,(H,18,21). The van der Waals surface area contributed by atoms with Gasteiger partial charge in [0.05, 0.1) is 21.2 Å². The molecule has 1 aliphatic carbocycles. The van der Waals surface area contributed by atoms with Crippen LogP contribution in [0.15, 0.2) is 45.4 Å². The highest BCUT2D eigenvalue weighted by Gasteiger charge is 2.23. The third-order valence-corrected chi connectivity index (χ3v) is 5.26. The summed E-state index contributed by atoms with van der Waals surface area (Å²) in [5, 5.41) is 9.72. The fourth-order valence-corrected chi connectivity index (χ4v) is 3.38. The summed E-state index contributed by atoms with van der Waals surface area (Å²) >= 11 is 3.07. The second-order valence-electron chi connectivity index (χ2n) is 5.41. The lowest BCUT2D eigenvalue weighted by atomic mass is 10.3. The van der Waals surface area contributed by atoms with Gasteiger partial charge in [0, 0.05) is 12.2 Å². The molecule has 3 aromatic rings. The number of thioether (sulfide) groups is 1. The molecule has 0 spiro atoms. The van der Waals surface area contributed by atoms with Crippen molar-refractivity contribution < 1.29 is 9.32 Å². The van der Waals surface area contributed by atoms with Gasteiger partial charge in [0.2, 0.25) is 11.7 Å². The predicted octanol–water partition coefficient (Wildman–Crippen LogP) is 3.38. The van der Waals surface area contributed by atoms with E-state index in [0.29, 0.717) is 29.1 Å². The highest BCUT2D eigenvalue weighted by Crippen LogP contribution is 2.25. The quantitative estimate of drug-likeness (QED) is 0.681. The third-order valence-electron chi connectivity index (χ3n) is 3.46. The molecule has 3 heterocycles. The van der Waals surface area contributed by atoms with Crippen LogP contribution in [0.25, 0.3) is 10.7 Å². The largest absolute Gasteiger partial charge is 0.349 e. The zero-order chi connectivity index (χ0) is 16.4. The van der Waals surface area contributed by atoms with Crippen molar-refractivity contribution >= 4 is 29.0 Å². The van der Waals surface area contributed by atoms with Crippen LogP contribution in [0.2, 0.25) is 0 Å². The minimum atomic E-state index is -0.0564. The van der Waals surface area contributed by atoms with Crippen molar-refractivity contribution in [1.82, 2.24) is 20.4 Å². The van der Waals surface area contributed by atoms with E-state index in [0.717, 1.165) is 22.7 Å². The van der Waals surface area contributed by atoms with E-state index >= 15 is 0 Å². The Bertz CT molecular complexity index is 826. The number of nitrogens with zero attached hydrogens (tertiary/aromatic N) is 3. The molecule has 0 aliphatic heterocycles. The number of rotatable bonds is 6. The van der Waals surface area contributed by atoms with Crippen molar-refractivity contribution in [3.05, 3.63) is 47.3 Å². The summed E-state index contributed by atoms with van der Waals surface area (Å²) in [6.45, 7) is 0.